The number of nitrogens with zero attached hydrogens (tertiary/aromatic N) is 4. The molecule has 8 nitrogen and oxygen atoms in total. The number of H-pyrrole nitrogens is 1. The molecule has 0 spiro atoms. The van der Waals surface area contributed by atoms with Crippen molar-refractivity contribution in [1.82, 2.24) is 20.6 Å². The van der Waals surface area contributed by atoms with Crippen molar-refractivity contribution in [3.8, 4) is 11.8 Å². The molecule has 2 aromatic rings. The zero-order valence-corrected chi connectivity index (χ0v) is 11.0. The van der Waals surface area contributed by atoms with E-state index in [1.54, 1.807) is 0 Å². The van der Waals surface area contributed by atoms with E-state index >= 15 is 0 Å². The van der Waals surface area contributed by atoms with Gasteiger partial charge in [-0.1, -0.05) is 0 Å². The monoisotopic (exact) mass is 284 g/mol. The molecule has 0 amide bonds. The van der Waals surface area contributed by atoms with Gasteiger partial charge in [0.1, 0.15) is 23.5 Å². The number of ether oxygens (including phenoxy) is 2. The molecule has 8 heteroatoms. The van der Waals surface area contributed by atoms with Crippen LogP contribution in [0, 0.1) is 11.3 Å². The van der Waals surface area contributed by atoms with Gasteiger partial charge in [0.15, 0.2) is 0 Å². The predicted molar refractivity (Wildman–Crippen MR) is 73.1 cm³/mol. The predicted octanol–water partition coefficient (Wildman–Crippen LogP) is 0.954. The van der Waals surface area contributed by atoms with Crippen LogP contribution in [-0.2, 0) is 4.74 Å². The Morgan fingerprint density at radius 1 is 1.43 bits per heavy atom. The van der Waals surface area contributed by atoms with Crippen LogP contribution < -0.4 is 10.1 Å². The van der Waals surface area contributed by atoms with Crippen molar-refractivity contribution < 1.29 is 9.47 Å². The van der Waals surface area contributed by atoms with Crippen molar-refractivity contribution in [3.63, 3.8) is 0 Å². The van der Waals surface area contributed by atoms with Crippen LogP contribution in [0.15, 0.2) is 30.5 Å². The molecule has 0 saturated carbocycles. The number of anilines is 1. The lowest BCUT2D eigenvalue weighted by atomic mass is 10.2. The van der Waals surface area contributed by atoms with E-state index in [-0.39, 0.29) is 17.5 Å². The first-order valence-electron chi connectivity index (χ1n) is 6.30. The number of rotatable bonds is 5. The van der Waals surface area contributed by atoms with E-state index in [1.165, 1.54) is 6.20 Å². The summed E-state index contributed by atoms with van der Waals surface area (Å²) in [5.74, 6) is 1.03. The van der Waals surface area contributed by atoms with Gasteiger partial charge in [-0.15, -0.1) is 10.2 Å². The molecule has 0 aliphatic carbocycles. The van der Waals surface area contributed by atoms with Gasteiger partial charge in [0, 0.05) is 11.9 Å². The summed E-state index contributed by atoms with van der Waals surface area (Å²) in [6, 6.07) is 9.43. The van der Waals surface area contributed by atoms with Gasteiger partial charge < -0.3 is 14.8 Å². The maximum absolute atomic E-state index is 9.04. The summed E-state index contributed by atoms with van der Waals surface area (Å²) in [5.41, 5.74) is 1.11. The second kappa shape index (κ2) is 6.02. The molecule has 106 valence electrons. The second-order valence-electron chi connectivity index (χ2n) is 4.35. The Morgan fingerprint density at radius 3 is 2.81 bits per heavy atom. The SMILES string of the molecule is N#CC(=CNc1ccc(OC2COC2)cc1)c1nn[nH]n1. The van der Waals surface area contributed by atoms with Crippen LogP contribution in [-0.4, -0.2) is 39.9 Å². The van der Waals surface area contributed by atoms with Crippen molar-refractivity contribution in [3.05, 3.63) is 36.3 Å². The molecule has 1 aromatic heterocycles. The smallest absolute Gasteiger partial charge is 0.216 e. The Labute approximate surface area is 120 Å². The Morgan fingerprint density at radius 2 is 2.24 bits per heavy atom. The lowest BCUT2D eigenvalue weighted by molar-refractivity contribution is -0.0796. The van der Waals surface area contributed by atoms with Gasteiger partial charge >= 0.3 is 0 Å². The Hall–Kier alpha value is -2.92. The molecule has 0 atom stereocenters. The van der Waals surface area contributed by atoms with Crippen molar-refractivity contribution >= 4 is 11.3 Å². The fourth-order valence-corrected chi connectivity index (χ4v) is 1.68. The van der Waals surface area contributed by atoms with E-state index in [4.69, 9.17) is 14.7 Å². The second-order valence-corrected chi connectivity index (χ2v) is 4.35. The number of allylic oxidation sites excluding steroid dienone is 1. The minimum absolute atomic E-state index is 0.145. The van der Waals surface area contributed by atoms with Crippen LogP contribution in [0.1, 0.15) is 5.82 Å². The summed E-state index contributed by atoms with van der Waals surface area (Å²) >= 11 is 0. The third-order valence-electron chi connectivity index (χ3n) is 2.85. The molecule has 3 rings (SSSR count). The van der Waals surface area contributed by atoms with Crippen LogP contribution in [0.4, 0.5) is 5.69 Å². The van der Waals surface area contributed by atoms with E-state index in [0.29, 0.717) is 13.2 Å². The summed E-state index contributed by atoms with van der Waals surface area (Å²) in [4.78, 5) is 0. The summed E-state index contributed by atoms with van der Waals surface area (Å²) in [5, 5.41) is 25.3. The fourth-order valence-electron chi connectivity index (χ4n) is 1.68. The molecule has 1 saturated heterocycles. The third-order valence-corrected chi connectivity index (χ3v) is 2.85. The standard InChI is InChI=1S/C13H12N6O2/c14-5-9(13-16-18-19-17-13)6-15-10-1-3-11(4-2-10)21-12-7-20-8-12/h1-4,6,12,15H,7-8H2,(H,16,17,18,19). The van der Waals surface area contributed by atoms with Gasteiger partial charge in [-0.05, 0) is 29.5 Å². The van der Waals surface area contributed by atoms with Crippen molar-refractivity contribution in [2.75, 3.05) is 18.5 Å². The van der Waals surface area contributed by atoms with Gasteiger partial charge in [0.2, 0.25) is 5.82 Å². The van der Waals surface area contributed by atoms with Crippen molar-refractivity contribution in [1.29, 1.82) is 5.26 Å². The number of nitriles is 1. The number of benzene rings is 1. The first-order valence-corrected chi connectivity index (χ1v) is 6.30. The zero-order chi connectivity index (χ0) is 14.5. The number of tetrazole rings is 1. The number of nitrogens with one attached hydrogen (secondary N) is 2. The molecule has 0 radical (unpaired) electrons. The van der Waals surface area contributed by atoms with Gasteiger partial charge in [0.05, 0.1) is 13.2 Å². The van der Waals surface area contributed by atoms with Crippen LogP contribution in [0.2, 0.25) is 0 Å². The average molecular weight is 284 g/mol. The summed E-state index contributed by atoms with van der Waals surface area (Å²) in [7, 11) is 0. The Kier molecular flexibility index (Phi) is 3.75. The molecule has 2 N–H and O–H groups in total. The molecule has 0 bridgehead atoms. The van der Waals surface area contributed by atoms with E-state index in [0.717, 1.165) is 11.4 Å². The van der Waals surface area contributed by atoms with Gasteiger partial charge in [-0.3, -0.25) is 0 Å². The topological polar surface area (TPSA) is 109 Å². The van der Waals surface area contributed by atoms with E-state index in [9.17, 15) is 0 Å². The zero-order valence-electron chi connectivity index (χ0n) is 11.0. The highest BCUT2D eigenvalue weighted by molar-refractivity contribution is 5.74. The van der Waals surface area contributed by atoms with Crippen LogP contribution in [0.3, 0.4) is 0 Å². The highest BCUT2D eigenvalue weighted by Gasteiger charge is 2.19. The Balaban J connectivity index is 1.63. The molecule has 1 aliphatic rings. The summed E-state index contributed by atoms with van der Waals surface area (Å²) < 4.78 is 10.7. The Bertz CT molecular complexity index is 655. The van der Waals surface area contributed by atoms with Crippen LogP contribution in [0.5, 0.6) is 5.75 Å². The largest absolute Gasteiger partial charge is 0.486 e. The molecule has 1 fully saturated rings. The number of hydrogen-bond donors (Lipinski definition) is 2. The van der Waals surface area contributed by atoms with E-state index in [2.05, 4.69) is 25.9 Å². The molecule has 1 aromatic carbocycles. The normalized spacial score (nSPS) is 15.1. The third kappa shape index (κ3) is 3.16. The summed E-state index contributed by atoms with van der Waals surface area (Å²) in [6.07, 6.45) is 1.67. The quantitative estimate of drug-likeness (QED) is 0.787. The lowest BCUT2D eigenvalue weighted by Gasteiger charge is -2.26. The summed E-state index contributed by atoms with van der Waals surface area (Å²) in [6.45, 7) is 1.28. The maximum Gasteiger partial charge on any atom is 0.216 e. The van der Waals surface area contributed by atoms with Crippen molar-refractivity contribution in [2.45, 2.75) is 6.10 Å². The molecular weight excluding hydrogens is 272 g/mol. The minimum atomic E-state index is 0.145. The van der Waals surface area contributed by atoms with E-state index < -0.39 is 0 Å². The molecule has 1 aliphatic heterocycles. The number of aromatic nitrogens is 4. The highest BCUT2D eigenvalue weighted by atomic mass is 16.6. The van der Waals surface area contributed by atoms with Gasteiger partial charge in [0.25, 0.3) is 0 Å². The van der Waals surface area contributed by atoms with Crippen LogP contribution in [0.25, 0.3) is 5.57 Å². The first-order chi connectivity index (χ1) is 10.3. The molecule has 21 heavy (non-hydrogen) atoms. The highest BCUT2D eigenvalue weighted by Crippen LogP contribution is 2.19. The van der Waals surface area contributed by atoms with Crippen molar-refractivity contribution in [2.24, 2.45) is 0 Å². The number of aromatic amines is 1. The fraction of sp³-hybridized carbons (Fsp3) is 0.231. The van der Waals surface area contributed by atoms with Crippen LogP contribution >= 0.6 is 0 Å². The lowest BCUT2D eigenvalue weighted by Crippen LogP contribution is -2.38. The van der Waals surface area contributed by atoms with Gasteiger partial charge in [-0.2, -0.15) is 10.5 Å². The maximum atomic E-state index is 9.04. The molecule has 0 unspecified atom stereocenters. The minimum Gasteiger partial charge on any atom is -0.486 e. The number of hydrogen-bond acceptors (Lipinski definition) is 7. The van der Waals surface area contributed by atoms with Gasteiger partial charge in [-0.25, -0.2) is 0 Å². The molecule has 2 heterocycles. The van der Waals surface area contributed by atoms with E-state index in [1.807, 2.05) is 30.3 Å². The molecular formula is C13H12N6O2. The first kappa shape index (κ1) is 13.1. The average Bonchev–Trinajstić information content (AvgIpc) is 2.99.